The second-order valence-corrected chi connectivity index (χ2v) is 4.83. The molecule has 0 saturated carbocycles. The molecule has 0 aliphatic carbocycles. The van der Waals surface area contributed by atoms with E-state index >= 15 is 0 Å². The zero-order valence-corrected chi connectivity index (χ0v) is 11.7. The molecular weight excluding hydrogens is 334 g/mol. The average molecular weight is 344 g/mol. The zero-order valence-electron chi connectivity index (χ0n) is 10.1. The Kier molecular flexibility index (Phi) is 4.35. The standard InChI is InChI=1S/C12H10BrNO6/c13-7-2-8-10(20-4-11(16)14-8)1-6(7)9(15)3-19-5-12(17)18/h1-2H,3-5H2,(H,14,16)(H,17,18). The summed E-state index contributed by atoms with van der Waals surface area (Å²) in [4.78, 5) is 33.4. The van der Waals surface area contributed by atoms with Gasteiger partial charge in [-0.05, 0) is 28.1 Å². The van der Waals surface area contributed by atoms with Crippen molar-refractivity contribution in [2.24, 2.45) is 0 Å². The van der Waals surface area contributed by atoms with E-state index in [1.807, 2.05) is 0 Å². The maximum absolute atomic E-state index is 11.9. The Labute approximate surface area is 122 Å². The van der Waals surface area contributed by atoms with E-state index in [1.165, 1.54) is 6.07 Å². The second-order valence-electron chi connectivity index (χ2n) is 3.97. The maximum Gasteiger partial charge on any atom is 0.329 e. The summed E-state index contributed by atoms with van der Waals surface area (Å²) in [5, 5.41) is 11.0. The number of benzene rings is 1. The van der Waals surface area contributed by atoms with E-state index in [4.69, 9.17) is 14.6 Å². The molecule has 0 fully saturated rings. The monoisotopic (exact) mass is 343 g/mol. The summed E-state index contributed by atoms with van der Waals surface area (Å²) in [5.74, 6) is -1.42. The summed E-state index contributed by atoms with van der Waals surface area (Å²) in [6.07, 6.45) is 0. The van der Waals surface area contributed by atoms with Gasteiger partial charge in [-0.1, -0.05) is 0 Å². The third-order valence-electron chi connectivity index (χ3n) is 2.46. The molecule has 2 rings (SSSR count). The number of nitrogens with one attached hydrogen (secondary N) is 1. The van der Waals surface area contributed by atoms with Crippen LogP contribution in [0.4, 0.5) is 5.69 Å². The minimum Gasteiger partial charge on any atom is -0.482 e. The van der Waals surface area contributed by atoms with Gasteiger partial charge in [0.05, 0.1) is 5.69 Å². The number of ketones is 1. The number of carbonyl (C=O) groups excluding carboxylic acids is 2. The number of carboxylic acid groups (broad SMARTS) is 1. The van der Waals surface area contributed by atoms with Gasteiger partial charge in [-0.15, -0.1) is 0 Å². The second kappa shape index (κ2) is 6.02. The first-order valence-electron chi connectivity index (χ1n) is 5.56. The van der Waals surface area contributed by atoms with E-state index < -0.39 is 12.6 Å². The van der Waals surface area contributed by atoms with Crippen molar-refractivity contribution in [3.63, 3.8) is 0 Å². The van der Waals surface area contributed by atoms with Crippen LogP contribution in [0.3, 0.4) is 0 Å². The molecular formula is C12H10BrNO6. The van der Waals surface area contributed by atoms with Crippen LogP contribution in [-0.4, -0.2) is 42.6 Å². The van der Waals surface area contributed by atoms with E-state index in [0.29, 0.717) is 21.5 Å². The van der Waals surface area contributed by atoms with Gasteiger partial charge in [-0.3, -0.25) is 9.59 Å². The Bertz CT molecular complexity index is 586. The van der Waals surface area contributed by atoms with Gasteiger partial charge in [0, 0.05) is 10.0 Å². The molecule has 0 radical (unpaired) electrons. The highest BCUT2D eigenvalue weighted by Gasteiger charge is 2.20. The van der Waals surface area contributed by atoms with Crippen LogP contribution in [0.5, 0.6) is 5.75 Å². The van der Waals surface area contributed by atoms with Crippen molar-refractivity contribution in [1.29, 1.82) is 0 Å². The molecule has 0 spiro atoms. The molecule has 1 amide bonds. The molecule has 1 aliphatic rings. The minimum atomic E-state index is -1.15. The molecule has 0 atom stereocenters. The molecule has 0 aromatic heterocycles. The van der Waals surface area contributed by atoms with Gasteiger partial charge < -0.3 is 19.9 Å². The average Bonchev–Trinajstić information content (AvgIpc) is 2.37. The number of carboxylic acids is 1. The van der Waals surface area contributed by atoms with Gasteiger partial charge in [-0.25, -0.2) is 4.79 Å². The van der Waals surface area contributed by atoms with Gasteiger partial charge in [-0.2, -0.15) is 0 Å². The Morgan fingerprint density at radius 1 is 1.40 bits per heavy atom. The molecule has 1 heterocycles. The Hall–Kier alpha value is -1.93. The number of Topliss-reactive ketones (excluding diaryl/α,β-unsaturated/α-hetero) is 1. The largest absolute Gasteiger partial charge is 0.482 e. The number of amides is 1. The fraction of sp³-hybridized carbons (Fsp3) is 0.250. The number of fused-ring (bicyclic) bond motifs is 1. The Morgan fingerprint density at radius 2 is 2.15 bits per heavy atom. The molecule has 1 aromatic rings. The van der Waals surface area contributed by atoms with Crippen molar-refractivity contribution >= 4 is 39.3 Å². The highest BCUT2D eigenvalue weighted by atomic mass is 79.9. The molecule has 0 unspecified atom stereocenters. The number of aliphatic carboxylic acids is 1. The first-order chi connectivity index (χ1) is 9.47. The number of rotatable bonds is 5. The smallest absolute Gasteiger partial charge is 0.329 e. The van der Waals surface area contributed by atoms with E-state index in [2.05, 4.69) is 21.2 Å². The maximum atomic E-state index is 11.9. The lowest BCUT2D eigenvalue weighted by Crippen LogP contribution is -2.25. The zero-order chi connectivity index (χ0) is 14.7. The Morgan fingerprint density at radius 3 is 2.85 bits per heavy atom. The predicted molar refractivity (Wildman–Crippen MR) is 71.1 cm³/mol. The van der Waals surface area contributed by atoms with E-state index in [0.717, 1.165) is 0 Å². The number of halogens is 1. The van der Waals surface area contributed by atoms with Crippen molar-refractivity contribution in [2.75, 3.05) is 25.1 Å². The predicted octanol–water partition coefficient (Wildman–Crippen LogP) is 1.06. The van der Waals surface area contributed by atoms with E-state index in [-0.39, 0.29) is 24.9 Å². The third-order valence-corrected chi connectivity index (χ3v) is 3.12. The van der Waals surface area contributed by atoms with Crippen LogP contribution in [-0.2, 0) is 14.3 Å². The molecule has 0 bridgehead atoms. The summed E-state index contributed by atoms with van der Waals surface area (Å²) in [6, 6.07) is 3.03. The van der Waals surface area contributed by atoms with Gasteiger partial charge in [0.1, 0.15) is 19.0 Å². The van der Waals surface area contributed by atoms with Crippen molar-refractivity contribution in [3.8, 4) is 5.75 Å². The number of hydrogen-bond donors (Lipinski definition) is 2. The fourth-order valence-electron chi connectivity index (χ4n) is 1.62. The quantitative estimate of drug-likeness (QED) is 0.775. The lowest BCUT2D eigenvalue weighted by molar-refractivity contribution is -0.141. The number of anilines is 1. The molecule has 2 N–H and O–H groups in total. The molecule has 7 nitrogen and oxygen atoms in total. The van der Waals surface area contributed by atoms with Gasteiger partial charge in [0.2, 0.25) is 0 Å². The van der Waals surface area contributed by atoms with Crippen LogP contribution in [0.15, 0.2) is 16.6 Å². The van der Waals surface area contributed by atoms with Crippen molar-refractivity contribution in [1.82, 2.24) is 0 Å². The summed E-state index contributed by atoms with van der Waals surface area (Å²) < 4.78 is 10.4. The van der Waals surface area contributed by atoms with Gasteiger partial charge >= 0.3 is 5.97 Å². The van der Waals surface area contributed by atoms with Crippen LogP contribution in [0.1, 0.15) is 10.4 Å². The van der Waals surface area contributed by atoms with Crippen molar-refractivity contribution in [3.05, 3.63) is 22.2 Å². The normalized spacial score (nSPS) is 13.2. The van der Waals surface area contributed by atoms with Crippen LogP contribution >= 0.6 is 15.9 Å². The van der Waals surface area contributed by atoms with Crippen LogP contribution < -0.4 is 10.1 Å². The van der Waals surface area contributed by atoms with Crippen molar-refractivity contribution < 1.29 is 29.0 Å². The lowest BCUT2D eigenvalue weighted by atomic mass is 10.1. The van der Waals surface area contributed by atoms with Gasteiger partial charge in [0.25, 0.3) is 5.91 Å². The molecule has 0 saturated heterocycles. The number of hydrogen-bond acceptors (Lipinski definition) is 5. The summed E-state index contributed by atoms with van der Waals surface area (Å²) in [7, 11) is 0. The molecule has 106 valence electrons. The minimum absolute atomic E-state index is 0.113. The first kappa shape index (κ1) is 14.5. The van der Waals surface area contributed by atoms with Crippen LogP contribution in [0, 0.1) is 0 Å². The third kappa shape index (κ3) is 3.34. The summed E-state index contributed by atoms with van der Waals surface area (Å²) >= 11 is 3.22. The molecule has 1 aliphatic heterocycles. The first-order valence-corrected chi connectivity index (χ1v) is 6.35. The number of carbonyl (C=O) groups is 3. The van der Waals surface area contributed by atoms with Gasteiger partial charge in [0.15, 0.2) is 12.4 Å². The summed E-state index contributed by atoms with van der Waals surface area (Å²) in [5.41, 5.74) is 0.765. The van der Waals surface area contributed by atoms with Crippen LogP contribution in [0.25, 0.3) is 0 Å². The number of ether oxygens (including phenoxy) is 2. The van der Waals surface area contributed by atoms with E-state index in [9.17, 15) is 14.4 Å². The molecule has 20 heavy (non-hydrogen) atoms. The highest BCUT2D eigenvalue weighted by Crippen LogP contribution is 2.33. The van der Waals surface area contributed by atoms with E-state index in [1.54, 1.807) is 6.07 Å². The molecule has 8 heteroatoms. The highest BCUT2D eigenvalue weighted by molar-refractivity contribution is 9.10. The topological polar surface area (TPSA) is 102 Å². The fourth-order valence-corrected chi connectivity index (χ4v) is 2.19. The lowest BCUT2D eigenvalue weighted by Gasteiger charge is -2.19. The van der Waals surface area contributed by atoms with Crippen LogP contribution in [0.2, 0.25) is 0 Å². The molecule has 1 aromatic carbocycles. The Balaban J connectivity index is 2.14. The van der Waals surface area contributed by atoms with Crippen molar-refractivity contribution in [2.45, 2.75) is 0 Å². The summed E-state index contributed by atoms with van der Waals surface area (Å²) in [6.45, 7) is -1.01. The SMILES string of the molecule is O=C(O)COCC(=O)c1cc2c(cc1Br)NC(=O)CO2.